The number of rotatable bonds is 7. The van der Waals surface area contributed by atoms with Gasteiger partial charge in [0.15, 0.2) is 0 Å². The van der Waals surface area contributed by atoms with E-state index in [1.165, 1.54) is 0 Å². The Kier molecular flexibility index (Phi) is 7.58. The number of amides is 1. The first-order chi connectivity index (χ1) is 7.40. The van der Waals surface area contributed by atoms with Crippen molar-refractivity contribution in [1.82, 2.24) is 5.32 Å². The molecule has 0 spiro atoms. The molecule has 16 heavy (non-hydrogen) atoms. The number of nitrogens with two attached hydrogens (primary N) is 1. The van der Waals surface area contributed by atoms with Crippen molar-refractivity contribution in [3.63, 3.8) is 0 Å². The number of carbonyl (C=O) groups is 1. The highest BCUT2D eigenvalue weighted by Gasteiger charge is 2.19. The molecular formula is C11H24N2O2S. The summed E-state index contributed by atoms with van der Waals surface area (Å²) in [4.78, 5) is 11.6. The van der Waals surface area contributed by atoms with Crippen LogP contribution in [0.25, 0.3) is 0 Å². The average molecular weight is 248 g/mol. The maximum atomic E-state index is 11.6. The van der Waals surface area contributed by atoms with Crippen LogP contribution in [0.1, 0.15) is 33.6 Å². The van der Waals surface area contributed by atoms with Crippen LogP contribution in [0.4, 0.5) is 0 Å². The second-order valence-corrected chi connectivity index (χ2v) is 6.10. The van der Waals surface area contributed by atoms with E-state index in [9.17, 15) is 9.00 Å². The first kappa shape index (κ1) is 15.6. The molecule has 0 saturated heterocycles. The Balaban J connectivity index is 3.85. The lowest BCUT2D eigenvalue weighted by Crippen LogP contribution is -2.45. The summed E-state index contributed by atoms with van der Waals surface area (Å²) in [6.45, 7) is 6.44. The molecule has 3 unspecified atom stereocenters. The monoisotopic (exact) mass is 248 g/mol. The van der Waals surface area contributed by atoms with Gasteiger partial charge in [-0.2, -0.15) is 0 Å². The van der Waals surface area contributed by atoms with Crippen LogP contribution in [0.2, 0.25) is 0 Å². The van der Waals surface area contributed by atoms with E-state index < -0.39 is 16.8 Å². The van der Waals surface area contributed by atoms with Crippen LogP contribution < -0.4 is 11.1 Å². The van der Waals surface area contributed by atoms with Gasteiger partial charge < -0.3 is 11.1 Å². The maximum Gasteiger partial charge on any atom is 0.237 e. The molecule has 1 amide bonds. The van der Waals surface area contributed by atoms with Gasteiger partial charge in [0.2, 0.25) is 5.91 Å². The highest BCUT2D eigenvalue weighted by atomic mass is 32.2. The Hall–Kier alpha value is -0.420. The van der Waals surface area contributed by atoms with Crippen LogP contribution in [0.5, 0.6) is 0 Å². The molecule has 5 heteroatoms. The van der Waals surface area contributed by atoms with Gasteiger partial charge in [-0.25, -0.2) is 0 Å². The molecule has 0 aromatic rings. The van der Waals surface area contributed by atoms with Crippen molar-refractivity contribution >= 4 is 16.7 Å². The largest absolute Gasteiger partial charge is 0.355 e. The molecule has 0 aliphatic heterocycles. The van der Waals surface area contributed by atoms with E-state index in [1.807, 2.05) is 20.8 Å². The minimum Gasteiger partial charge on any atom is -0.355 e. The highest BCUT2D eigenvalue weighted by molar-refractivity contribution is 7.84. The summed E-state index contributed by atoms with van der Waals surface area (Å²) in [5.41, 5.74) is 5.78. The van der Waals surface area contributed by atoms with E-state index >= 15 is 0 Å². The summed E-state index contributed by atoms with van der Waals surface area (Å²) in [5, 5.41) is 2.90. The summed E-state index contributed by atoms with van der Waals surface area (Å²) < 4.78 is 11.1. The summed E-state index contributed by atoms with van der Waals surface area (Å²) >= 11 is 0. The maximum absolute atomic E-state index is 11.6. The van der Waals surface area contributed by atoms with E-state index in [-0.39, 0.29) is 17.1 Å². The summed E-state index contributed by atoms with van der Waals surface area (Å²) in [6, 6.07) is -0.438. The van der Waals surface area contributed by atoms with Gasteiger partial charge in [0, 0.05) is 28.9 Å². The SMILES string of the molecule is CCC(C)[C@H](N)C(=O)NCCC(C)S(C)=O. The smallest absolute Gasteiger partial charge is 0.237 e. The molecule has 0 bridgehead atoms. The molecule has 0 aromatic carbocycles. The quantitative estimate of drug-likeness (QED) is 0.694. The van der Waals surface area contributed by atoms with Crippen molar-refractivity contribution in [3.8, 4) is 0 Å². The second-order valence-electron chi connectivity index (χ2n) is 4.30. The summed E-state index contributed by atoms with van der Waals surface area (Å²) in [5.74, 6) is 0.0844. The normalized spacial score (nSPS) is 18.6. The Morgan fingerprint density at radius 3 is 2.44 bits per heavy atom. The Morgan fingerprint density at radius 1 is 1.44 bits per heavy atom. The molecule has 0 aliphatic rings. The van der Waals surface area contributed by atoms with Gasteiger partial charge in [-0.1, -0.05) is 27.2 Å². The van der Waals surface area contributed by atoms with Crippen molar-refractivity contribution in [3.05, 3.63) is 0 Å². The van der Waals surface area contributed by atoms with Crippen LogP contribution in [0.15, 0.2) is 0 Å². The average Bonchev–Trinajstić information content (AvgIpc) is 2.26. The number of hydrogen-bond donors (Lipinski definition) is 2. The van der Waals surface area contributed by atoms with E-state index in [1.54, 1.807) is 6.26 Å². The fraction of sp³-hybridized carbons (Fsp3) is 0.909. The van der Waals surface area contributed by atoms with Gasteiger partial charge in [-0.3, -0.25) is 9.00 Å². The lowest BCUT2D eigenvalue weighted by Gasteiger charge is -2.18. The molecule has 0 radical (unpaired) electrons. The molecular weight excluding hydrogens is 224 g/mol. The zero-order chi connectivity index (χ0) is 12.7. The fourth-order valence-electron chi connectivity index (χ4n) is 1.19. The lowest BCUT2D eigenvalue weighted by molar-refractivity contribution is -0.123. The van der Waals surface area contributed by atoms with Crippen molar-refractivity contribution < 1.29 is 9.00 Å². The third kappa shape index (κ3) is 5.61. The Labute approximate surface area is 101 Å². The van der Waals surface area contributed by atoms with Crippen LogP contribution in [0, 0.1) is 5.92 Å². The molecule has 4 nitrogen and oxygen atoms in total. The number of carbonyl (C=O) groups excluding carboxylic acids is 1. The lowest BCUT2D eigenvalue weighted by atomic mass is 9.99. The zero-order valence-electron chi connectivity index (χ0n) is 10.7. The molecule has 0 fully saturated rings. The summed E-state index contributed by atoms with van der Waals surface area (Å²) in [7, 11) is -0.829. The van der Waals surface area contributed by atoms with Gasteiger partial charge in [0.25, 0.3) is 0 Å². The number of hydrogen-bond acceptors (Lipinski definition) is 3. The van der Waals surface area contributed by atoms with E-state index in [2.05, 4.69) is 5.32 Å². The fourth-order valence-corrected chi connectivity index (χ4v) is 1.64. The first-order valence-electron chi connectivity index (χ1n) is 5.75. The zero-order valence-corrected chi connectivity index (χ0v) is 11.5. The predicted molar refractivity (Wildman–Crippen MR) is 68.6 cm³/mol. The van der Waals surface area contributed by atoms with Crippen LogP contribution in [0.3, 0.4) is 0 Å². The highest BCUT2D eigenvalue weighted by Crippen LogP contribution is 2.05. The molecule has 0 aromatic heterocycles. The van der Waals surface area contributed by atoms with Crippen molar-refractivity contribution in [2.75, 3.05) is 12.8 Å². The molecule has 0 saturated carbocycles. The van der Waals surface area contributed by atoms with E-state index in [0.29, 0.717) is 6.54 Å². The van der Waals surface area contributed by atoms with Crippen LogP contribution in [-0.2, 0) is 15.6 Å². The minimum atomic E-state index is -0.829. The van der Waals surface area contributed by atoms with Crippen LogP contribution >= 0.6 is 0 Å². The molecule has 0 heterocycles. The van der Waals surface area contributed by atoms with Crippen molar-refractivity contribution in [2.24, 2.45) is 11.7 Å². The molecule has 4 atom stereocenters. The van der Waals surface area contributed by atoms with Crippen molar-refractivity contribution in [2.45, 2.75) is 44.9 Å². The molecule has 0 rings (SSSR count). The van der Waals surface area contributed by atoms with Crippen molar-refractivity contribution in [1.29, 1.82) is 0 Å². The third-order valence-corrected chi connectivity index (χ3v) is 4.35. The Morgan fingerprint density at radius 2 is 2.00 bits per heavy atom. The van der Waals surface area contributed by atoms with E-state index in [4.69, 9.17) is 5.73 Å². The number of nitrogens with one attached hydrogen (secondary N) is 1. The van der Waals surface area contributed by atoms with E-state index in [0.717, 1.165) is 12.8 Å². The molecule has 0 aliphatic carbocycles. The molecule has 96 valence electrons. The topological polar surface area (TPSA) is 72.2 Å². The van der Waals surface area contributed by atoms with Gasteiger partial charge >= 0.3 is 0 Å². The standard InChI is InChI=1S/C11H24N2O2S/c1-5-8(2)10(12)11(14)13-7-6-9(3)16(4)15/h8-10H,5-7,12H2,1-4H3,(H,13,14)/t8?,9?,10-,16?/m0/s1. The molecule has 3 N–H and O–H groups in total. The Bertz CT molecular complexity index is 246. The minimum absolute atomic E-state index is 0.108. The van der Waals surface area contributed by atoms with Crippen LogP contribution in [-0.4, -0.2) is 34.2 Å². The second kappa shape index (κ2) is 7.79. The van der Waals surface area contributed by atoms with Gasteiger partial charge in [0.1, 0.15) is 0 Å². The third-order valence-electron chi connectivity index (χ3n) is 2.98. The van der Waals surface area contributed by atoms with Gasteiger partial charge in [-0.15, -0.1) is 0 Å². The predicted octanol–water partition coefficient (Wildman–Crippen LogP) is 0.633. The first-order valence-corrected chi connectivity index (χ1v) is 7.37. The summed E-state index contributed by atoms with van der Waals surface area (Å²) in [6.07, 6.45) is 3.30. The van der Waals surface area contributed by atoms with Gasteiger partial charge in [0.05, 0.1) is 6.04 Å². The van der Waals surface area contributed by atoms with Gasteiger partial charge in [-0.05, 0) is 12.3 Å².